The van der Waals surface area contributed by atoms with Crippen LogP contribution in [-0.4, -0.2) is 9.97 Å². The molecule has 2 aromatic heterocycles. The fourth-order valence-electron chi connectivity index (χ4n) is 2.86. The van der Waals surface area contributed by atoms with Crippen LogP contribution in [0.5, 0.6) is 0 Å². The van der Waals surface area contributed by atoms with Gasteiger partial charge in [0.15, 0.2) is 0 Å². The lowest BCUT2D eigenvalue weighted by atomic mass is 10.1. The Balaban J connectivity index is 1.85. The predicted octanol–water partition coefficient (Wildman–Crippen LogP) is 4.74. The van der Waals surface area contributed by atoms with Crippen molar-refractivity contribution >= 4 is 56.1 Å². The van der Waals surface area contributed by atoms with E-state index in [1.165, 1.54) is 0 Å². The summed E-state index contributed by atoms with van der Waals surface area (Å²) in [6, 6.07) is 15.6. The van der Waals surface area contributed by atoms with Crippen molar-refractivity contribution in [3.8, 4) is 0 Å². The number of anilines is 1. The highest BCUT2D eigenvalue weighted by atomic mass is 79.9. The van der Waals surface area contributed by atoms with Crippen LogP contribution in [0.4, 0.5) is 5.82 Å². The quantitative estimate of drug-likeness (QED) is 0.337. The molecular weight excluding hydrogens is 398 g/mol. The van der Waals surface area contributed by atoms with Gasteiger partial charge in [-0.25, -0.2) is 4.98 Å². The third-order valence-corrected chi connectivity index (χ3v) is 4.86. The van der Waals surface area contributed by atoms with Crippen LogP contribution in [0.25, 0.3) is 21.7 Å². The lowest BCUT2D eigenvalue weighted by molar-refractivity contribution is 1.12. The third-order valence-electron chi connectivity index (χ3n) is 4.07. The highest BCUT2D eigenvalue weighted by Gasteiger charge is 2.11. The second kappa shape index (κ2) is 6.54. The standard InChI is InChI=1S/C19H14BrN3OS/c20-12-3-6-16-15(9-12)17-14(7-8-21-19(17)24)18(23-16)22-10-11-1-4-13(25)5-2-11/h1-9,25H,10H2,(H,21,24)(H,22,23). The van der Waals surface area contributed by atoms with Gasteiger partial charge in [-0.1, -0.05) is 28.1 Å². The van der Waals surface area contributed by atoms with E-state index in [2.05, 4.69) is 38.9 Å². The molecule has 0 aliphatic heterocycles. The number of halogens is 1. The van der Waals surface area contributed by atoms with Gasteiger partial charge in [0.05, 0.1) is 10.9 Å². The number of hydrogen-bond acceptors (Lipinski definition) is 4. The van der Waals surface area contributed by atoms with E-state index in [4.69, 9.17) is 4.98 Å². The van der Waals surface area contributed by atoms with Crippen LogP contribution in [-0.2, 0) is 6.54 Å². The van der Waals surface area contributed by atoms with Gasteiger partial charge in [0.1, 0.15) is 5.82 Å². The molecule has 2 aromatic carbocycles. The van der Waals surface area contributed by atoms with Gasteiger partial charge in [-0.15, -0.1) is 12.6 Å². The second-order valence-corrected chi connectivity index (χ2v) is 7.17. The molecule has 0 saturated heterocycles. The van der Waals surface area contributed by atoms with Gasteiger partial charge in [-0.05, 0) is 42.0 Å². The topological polar surface area (TPSA) is 57.8 Å². The van der Waals surface area contributed by atoms with Crippen molar-refractivity contribution in [2.24, 2.45) is 0 Å². The maximum absolute atomic E-state index is 12.4. The fraction of sp³-hybridized carbons (Fsp3) is 0.0526. The molecule has 2 heterocycles. The number of hydrogen-bond donors (Lipinski definition) is 3. The second-order valence-electron chi connectivity index (χ2n) is 5.74. The summed E-state index contributed by atoms with van der Waals surface area (Å²) in [6.07, 6.45) is 1.65. The van der Waals surface area contributed by atoms with E-state index in [-0.39, 0.29) is 5.56 Å². The molecule has 0 aliphatic carbocycles. The first kappa shape index (κ1) is 16.2. The highest BCUT2D eigenvalue weighted by molar-refractivity contribution is 9.10. The minimum atomic E-state index is -0.120. The molecule has 4 nitrogen and oxygen atoms in total. The number of nitrogens with one attached hydrogen (secondary N) is 2. The maximum Gasteiger partial charge on any atom is 0.256 e. The van der Waals surface area contributed by atoms with E-state index in [1.54, 1.807) is 6.20 Å². The van der Waals surface area contributed by atoms with Crippen LogP contribution in [0.3, 0.4) is 0 Å². The summed E-state index contributed by atoms with van der Waals surface area (Å²) in [6.45, 7) is 0.616. The van der Waals surface area contributed by atoms with Gasteiger partial charge < -0.3 is 10.3 Å². The monoisotopic (exact) mass is 411 g/mol. The smallest absolute Gasteiger partial charge is 0.256 e. The Morgan fingerprint density at radius 3 is 2.68 bits per heavy atom. The molecule has 0 saturated carbocycles. The largest absolute Gasteiger partial charge is 0.365 e. The van der Waals surface area contributed by atoms with Gasteiger partial charge >= 0.3 is 0 Å². The van der Waals surface area contributed by atoms with Crippen LogP contribution in [0.15, 0.2) is 68.9 Å². The summed E-state index contributed by atoms with van der Waals surface area (Å²) in [5.74, 6) is 0.700. The third kappa shape index (κ3) is 3.15. The van der Waals surface area contributed by atoms with Crippen molar-refractivity contribution in [3.63, 3.8) is 0 Å². The average molecular weight is 412 g/mol. The molecule has 6 heteroatoms. The lowest BCUT2D eigenvalue weighted by Gasteiger charge is -2.11. The molecule has 0 atom stereocenters. The maximum atomic E-state index is 12.4. The van der Waals surface area contributed by atoms with E-state index in [0.717, 1.165) is 31.2 Å². The van der Waals surface area contributed by atoms with Crippen molar-refractivity contribution in [2.75, 3.05) is 5.32 Å². The number of thiol groups is 1. The number of H-pyrrole nitrogens is 1. The zero-order valence-corrected chi connectivity index (χ0v) is 15.6. The Labute approximate surface area is 157 Å². The molecular formula is C19H14BrN3OS. The summed E-state index contributed by atoms with van der Waals surface area (Å²) in [5, 5.41) is 5.63. The molecule has 4 aromatic rings. The zero-order valence-electron chi connectivity index (χ0n) is 13.1. The molecule has 124 valence electrons. The Morgan fingerprint density at radius 1 is 1.08 bits per heavy atom. The minimum Gasteiger partial charge on any atom is -0.365 e. The van der Waals surface area contributed by atoms with Gasteiger partial charge in [0, 0.05) is 32.9 Å². The van der Waals surface area contributed by atoms with Gasteiger partial charge in [-0.3, -0.25) is 4.79 Å². The van der Waals surface area contributed by atoms with Gasteiger partial charge in [0.25, 0.3) is 5.56 Å². The molecule has 25 heavy (non-hydrogen) atoms. The number of fused-ring (bicyclic) bond motifs is 3. The summed E-state index contributed by atoms with van der Waals surface area (Å²) >= 11 is 7.77. The van der Waals surface area contributed by atoms with Crippen LogP contribution >= 0.6 is 28.6 Å². The first-order valence-electron chi connectivity index (χ1n) is 7.74. The molecule has 0 fully saturated rings. The van der Waals surface area contributed by atoms with Crippen LogP contribution in [0, 0.1) is 0 Å². The molecule has 0 spiro atoms. The van der Waals surface area contributed by atoms with Crippen LogP contribution < -0.4 is 10.9 Å². The number of benzene rings is 2. The Morgan fingerprint density at radius 2 is 1.88 bits per heavy atom. The summed E-state index contributed by atoms with van der Waals surface area (Å²) in [7, 11) is 0. The van der Waals surface area contributed by atoms with Crippen molar-refractivity contribution in [3.05, 3.63) is 75.1 Å². The number of aromatic amines is 1. The minimum absolute atomic E-state index is 0.120. The zero-order chi connectivity index (χ0) is 17.4. The molecule has 0 bridgehead atoms. The molecule has 2 N–H and O–H groups in total. The summed E-state index contributed by atoms with van der Waals surface area (Å²) in [5.41, 5.74) is 1.78. The average Bonchev–Trinajstić information content (AvgIpc) is 2.61. The Bertz CT molecular complexity index is 1140. The number of aromatic nitrogens is 2. The van der Waals surface area contributed by atoms with E-state index in [0.29, 0.717) is 17.7 Å². The first-order chi connectivity index (χ1) is 12.1. The van der Waals surface area contributed by atoms with E-state index in [9.17, 15) is 4.79 Å². The fourth-order valence-corrected chi connectivity index (χ4v) is 3.37. The van der Waals surface area contributed by atoms with Crippen LogP contribution in [0.2, 0.25) is 0 Å². The van der Waals surface area contributed by atoms with Crippen molar-refractivity contribution < 1.29 is 0 Å². The number of nitrogens with zero attached hydrogens (tertiary/aromatic N) is 1. The van der Waals surface area contributed by atoms with Gasteiger partial charge in [0.2, 0.25) is 0 Å². The first-order valence-corrected chi connectivity index (χ1v) is 8.98. The SMILES string of the molecule is O=c1[nH]ccc2c(NCc3ccc(S)cc3)nc3ccc(Br)cc3c12. The summed E-state index contributed by atoms with van der Waals surface area (Å²) in [4.78, 5) is 20.8. The molecule has 0 aliphatic rings. The van der Waals surface area contributed by atoms with E-state index in [1.807, 2.05) is 48.5 Å². The van der Waals surface area contributed by atoms with Crippen molar-refractivity contribution in [1.82, 2.24) is 9.97 Å². The van der Waals surface area contributed by atoms with Crippen molar-refractivity contribution in [2.45, 2.75) is 11.4 Å². The number of rotatable bonds is 3. The van der Waals surface area contributed by atoms with E-state index < -0.39 is 0 Å². The predicted molar refractivity (Wildman–Crippen MR) is 109 cm³/mol. The normalized spacial score (nSPS) is 11.1. The van der Waals surface area contributed by atoms with Crippen molar-refractivity contribution in [1.29, 1.82) is 0 Å². The molecule has 0 unspecified atom stereocenters. The van der Waals surface area contributed by atoms with Gasteiger partial charge in [-0.2, -0.15) is 0 Å². The lowest BCUT2D eigenvalue weighted by Crippen LogP contribution is -2.09. The van der Waals surface area contributed by atoms with Crippen LogP contribution in [0.1, 0.15) is 5.56 Å². The molecule has 4 rings (SSSR count). The van der Waals surface area contributed by atoms with E-state index >= 15 is 0 Å². The molecule has 0 amide bonds. The Kier molecular flexibility index (Phi) is 4.23. The Hall–Kier alpha value is -2.31. The molecule has 0 radical (unpaired) electrons. The summed E-state index contributed by atoms with van der Waals surface area (Å²) < 4.78 is 0.916. The number of pyridine rings is 2. The highest BCUT2D eigenvalue weighted by Crippen LogP contribution is 2.29.